The largest absolute Gasteiger partial charge is 0.505 e. The maximum atomic E-state index is 6.91. The van der Waals surface area contributed by atoms with Crippen LogP contribution in [0.1, 0.15) is 259 Å². The van der Waals surface area contributed by atoms with E-state index in [1.807, 2.05) is 0 Å². The Kier molecular flexibility index (Phi) is 26.6. The van der Waals surface area contributed by atoms with E-state index < -0.39 is 0 Å². The van der Waals surface area contributed by atoms with Gasteiger partial charge in [0.05, 0.1) is 16.8 Å². The maximum Gasteiger partial charge on any atom is 0.505 e. The molecule has 1 fully saturated rings. The first-order chi connectivity index (χ1) is 25.2. The van der Waals surface area contributed by atoms with Crippen LogP contribution in [-0.2, 0) is 19.6 Å². The number of unbranched alkanes of at least 4 members (excludes halogenated alkanes) is 28. The molecule has 0 aromatic carbocycles. The van der Waals surface area contributed by atoms with Gasteiger partial charge in [-0.1, -0.05) is 206 Å². The van der Waals surface area contributed by atoms with E-state index in [2.05, 4.69) is 59.9 Å². The average Bonchev–Trinajstić information content (AvgIpc) is 3.69. The van der Waals surface area contributed by atoms with Crippen LogP contribution in [0.2, 0.25) is 0 Å². The highest BCUT2D eigenvalue weighted by atomic mass is 32.1. The van der Waals surface area contributed by atoms with Crippen molar-refractivity contribution in [3.05, 3.63) is 17.0 Å². The van der Waals surface area contributed by atoms with E-state index >= 15 is 0 Å². The van der Waals surface area contributed by atoms with Gasteiger partial charge in [-0.05, 0) is 64.5 Å². The lowest BCUT2D eigenvalue weighted by Crippen LogP contribution is -2.41. The second-order valence-electron chi connectivity index (χ2n) is 17.6. The maximum absolute atomic E-state index is 6.91. The molecule has 304 valence electrons. The molecule has 0 amide bonds. The van der Waals surface area contributed by atoms with Crippen LogP contribution in [0.4, 0.5) is 0 Å². The van der Waals surface area contributed by atoms with Crippen molar-refractivity contribution in [1.82, 2.24) is 0 Å². The summed E-state index contributed by atoms with van der Waals surface area (Å²) >= 11 is 1.80. The van der Waals surface area contributed by atoms with Gasteiger partial charge in [-0.2, -0.15) is 11.3 Å². The van der Waals surface area contributed by atoms with Gasteiger partial charge in [-0.3, -0.25) is 0 Å². The summed E-state index contributed by atoms with van der Waals surface area (Å²) in [4.78, 5) is 0. The fraction of sp³-hybridized carbons (Fsp3) is 0.915. The molecule has 5 heteroatoms. The zero-order chi connectivity index (χ0) is 37.8. The van der Waals surface area contributed by atoms with Crippen molar-refractivity contribution in [2.24, 2.45) is 0 Å². The van der Waals surface area contributed by atoms with Crippen molar-refractivity contribution >= 4 is 23.2 Å². The molecule has 0 aliphatic carbocycles. The second-order valence-corrected chi connectivity index (χ2v) is 18.6. The smallest absolute Gasteiger partial charge is 0.399 e. The third-order valence-corrected chi connectivity index (χ3v) is 13.4. The summed E-state index contributed by atoms with van der Waals surface area (Å²) in [5.41, 5.74) is 0.417. The molecule has 1 aliphatic heterocycles. The Hall–Kier alpha value is -0.355. The Morgan fingerprint density at radius 1 is 0.500 bits per heavy atom. The average molecular weight is 745 g/mol. The first kappa shape index (κ1) is 47.8. The highest BCUT2D eigenvalue weighted by molar-refractivity contribution is 7.21. The first-order valence-corrected chi connectivity index (χ1v) is 24.2. The van der Waals surface area contributed by atoms with Crippen LogP contribution in [0.3, 0.4) is 0 Å². The van der Waals surface area contributed by atoms with Crippen LogP contribution in [0, 0.1) is 0 Å². The lowest BCUT2D eigenvalue weighted by atomic mass is 9.75. The fourth-order valence-corrected chi connectivity index (χ4v) is 9.23. The molecule has 1 saturated heterocycles. The first-order valence-electron chi connectivity index (χ1n) is 23.3. The molecule has 0 N–H and O–H groups in total. The molecule has 1 aromatic heterocycles. The number of ether oxygens (including phenoxy) is 1. The Morgan fingerprint density at radius 3 is 1.12 bits per heavy atom. The fourth-order valence-electron chi connectivity index (χ4n) is 8.29. The van der Waals surface area contributed by atoms with Crippen LogP contribution in [-0.4, -0.2) is 24.9 Å². The molecule has 0 saturated carbocycles. The summed E-state index contributed by atoms with van der Waals surface area (Å²) in [5.74, 6) is 0. The van der Waals surface area contributed by atoms with Crippen molar-refractivity contribution in [3.63, 3.8) is 0 Å². The van der Waals surface area contributed by atoms with Crippen molar-refractivity contribution in [2.75, 3.05) is 6.61 Å². The normalized spacial score (nSPS) is 15.6. The Bertz CT molecular complexity index is 908. The number of hydrogen-bond acceptors (Lipinski definition) is 4. The van der Waals surface area contributed by atoms with E-state index in [0.717, 1.165) is 19.4 Å². The van der Waals surface area contributed by atoms with Crippen molar-refractivity contribution < 1.29 is 14.0 Å². The summed E-state index contributed by atoms with van der Waals surface area (Å²) in [7, 11) is -0.318. The van der Waals surface area contributed by atoms with Crippen molar-refractivity contribution in [2.45, 2.75) is 271 Å². The zero-order valence-corrected chi connectivity index (χ0v) is 37.0. The van der Waals surface area contributed by atoms with E-state index in [1.54, 1.807) is 11.3 Å². The molecule has 52 heavy (non-hydrogen) atoms. The molecule has 0 bridgehead atoms. The summed E-state index contributed by atoms with van der Waals surface area (Å²) in [6, 6.07) is 2.34. The van der Waals surface area contributed by atoms with Gasteiger partial charge >= 0.3 is 7.12 Å². The van der Waals surface area contributed by atoms with Crippen LogP contribution >= 0.6 is 11.3 Å². The third kappa shape index (κ3) is 19.0. The predicted octanol–water partition coefficient (Wildman–Crippen LogP) is 15.8. The Balaban J connectivity index is 1.81. The third-order valence-electron chi connectivity index (χ3n) is 12.4. The number of rotatable bonds is 36. The van der Waals surface area contributed by atoms with Crippen LogP contribution in [0.15, 0.2) is 11.4 Å². The van der Waals surface area contributed by atoms with Gasteiger partial charge < -0.3 is 14.0 Å². The molecule has 3 nitrogen and oxygen atoms in total. The molecule has 0 atom stereocenters. The monoisotopic (exact) mass is 745 g/mol. The van der Waals surface area contributed by atoms with Gasteiger partial charge in [0.1, 0.15) is 0 Å². The summed E-state index contributed by atoms with van der Waals surface area (Å²) in [6.07, 6.45) is 44.2. The molecule has 0 radical (unpaired) electrons. The minimum atomic E-state index is -0.338. The van der Waals surface area contributed by atoms with Gasteiger partial charge in [0.15, 0.2) is 0 Å². The summed E-state index contributed by atoms with van der Waals surface area (Å²) in [5, 5.41) is 2.25. The van der Waals surface area contributed by atoms with E-state index in [4.69, 9.17) is 14.0 Å². The molecule has 2 rings (SSSR count). The lowest BCUT2D eigenvalue weighted by molar-refractivity contribution is -0.0599. The molecule has 1 aromatic rings. The number of thiophene rings is 1. The minimum absolute atomic E-state index is 0.249. The minimum Gasteiger partial charge on any atom is -0.399 e. The van der Waals surface area contributed by atoms with E-state index in [0.29, 0.717) is 0 Å². The highest BCUT2D eigenvalue weighted by Crippen LogP contribution is 2.41. The molecular formula is C47H89BO3S. The lowest BCUT2D eigenvalue weighted by Gasteiger charge is -2.35. The highest BCUT2D eigenvalue weighted by Gasteiger charge is 2.53. The number of hydrogen-bond donors (Lipinski definition) is 0. The molecule has 0 unspecified atom stereocenters. The Morgan fingerprint density at radius 2 is 0.808 bits per heavy atom. The van der Waals surface area contributed by atoms with Crippen LogP contribution in [0.5, 0.6) is 0 Å². The molecule has 1 aliphatic rings. The molecule has 2 heterocycles. The molecular weight excluding hydrogens is 655 g/mol. The van der Waals surface area contributed by atoms with Gasteiger partial charge in [0.25, 0.3) is 0 Å². The van der Waals surface area contributed by atoms with Gasteiger partial charge in [0.2, 0.25) is 0 Å². The van der Waals surface area contributed by atoms with Crippen LogP contribution < -0.4 is 4.78 Å². The van der Waals surface area contributed by atoms with E-state index in [-0.39, 0.29) is 23.9 Å². The van der Waals surface area contributed by atoms with Gasteiger partial charge in [-0.25, -0.2) is 0 Å². The SMILES string of the molecule is CCCCCCCCCCCCCCCCCC(CCCCCCCCCCCCCCCCC)(OCC)c1ccsc1B1OC(C)(C)C(C)(C)O1. The van der Waals surface area contributed by atoms with Crippen molar-refractivity contribution in [3.8, 4) is 0 Å². The quantitative estimate of drug-likeness (QED) is 0.0506. The zero-order valence-electron chi connectivity index (χ0n) is 36.2. The second kappa shape index (κ2) is 29.0. The Labute approximate surface area is 330 Å². The topological polar surface area (TPSA) is 27.7 Å². The summed E-state index contributed by atoms with van der Waals surface area (Å²) in [6.45, 7) is 16.2. The predicted molar refractivity (Wildman–Crippen MR) is 232 cm³/mol. The van der Waals surface area contributed by atoms with E-state index in [9.17, 15) is 0 Å². The van der Waals surface area contributed by atoms with Gasteiger partial charge in [-0.15, -0.1) is 0 Å². The van der Waals surface area contributed by atoms with Gasteiger partial charge in [0, 0.05) is 11.4 Å². The van der Waals surface area contributed by atoms with Crippen LogP contribution in [0.25, 0.3) is 0 Å². The van der Waals surface area contributed by atoms with Crippen molar-refractivity contribution in [1.29, 1.82) is 0 Å². The standard InChI is InChI=1S/C47H89BO3S/c1-8-11-13-15-17-19-21-23-25-27-29-31-33-35-37-40-47(49-10-3,43-39-42-52-44(43)48-50-45(4,5)46(6,7)51-48)41-38-36-34-32-30-28-26-24-22-20-18-16-14-12-9-2/h39,42H,8-38,40-41H2,1-7H3. The summed E-state index contributed by atoms with van der Waals surface area (Å²) < 4.78 is 21.4. The molecule has 0 spiro atoms. The van der Waals surface area contributed by atoms with E-state index in [1.165, 1.54) is 203 Å².